The Bertz CT molecular complexity index is 1060. The van der Waals surface area contributed by atoms with Gasteiger partial charge >= 0.3 is 0 Å². The maximum absolute atomic E-state index is 13.0. The first-order chi connectivity index (χ1) is 15.0. The molecule has 0 saturated carbocycles. The molecular weight excluding hydrogens is 426 g/mol. The van der Waals surface area contributed by atoms with Crippen molar-refractivity contribution in [3.63, 3.8) is 0 Å². The van der Waals surface area contributed by atoms with Crippen molar-refractivity contribution in [3.05, 3.63) is 86.8 Å². The molecule has 162 valence electrons. The third kappa shape index (κ3) is 4.70. The van der Waals surface area contributed by atoms with E-state index in [0.29, 0.717) is 5.56 Å². The monoisotopic (exact) mass is 454 g/mol. The van der Waals surface area contributed by atoms with Gasteiger partial charge in [0.05, 0.1) is 26.2 Å². The zero-order valence-corrected chi connectivity index (χ0v) is 19.8. The number of halogens is 1. The van der Waals surface area contributed by atoms with Crippen LogP contribution in [-0.4, -0.2) is 44.0 Å². The van der Waals surface area contributed by atoms with Crippen molar-refractivity contribution >= 4 is 33.8 Å². The largest absolute Gasteiger partial charge is 0.335 e. The van der Waals surface area contributed by atoms with Gasteiger partial charge in [0.15, 0.2) is 0 Å². The Labute approximate surface area is 193 Å². The number of hydrogen-bond donors (Lipinski definition) is 2. The lowest BCUT2D eigenvalue weighted by Crippen LogP contribution is -3.12. The van der Waals surface area contributed by atoms with Crippen LogP contribution in [0.1, 0.15) is 38.0 Å². The van der Waals surface area contributed by atoms with Crippen LogP contribution in [0.2, 0.25) is 5.02 Å². The number of thiophene rings is 1. The van der Waals surface area contributed by atoms with Crippen LogP contribution in [-0.2, 0) is 0 Å². The Balaban J connectivity index is 1.78. The van der Waals surface area contributed by atoms with Crippen LogP contribution < -0.4 is 10.2 Å². The highest BCUT2D eigenvalue weighted by molar-refractivity contribution is 7.16. The van der Waals surface area contributed by atoms with Crippen LogP contribution in [0.3, 0.4) is 0 Å². The number of rotatable bonds is 5. The number of likely N-dealkylation sites (N-methyl/N-ethyl adjacent to an activating group) is 1. The first-order valence-electron chi connectivity index (χ1n) is 10.7. The smallest absolute Gasteiger partial charge is 0.256 e. The summed E-state index contributed by atoms with van der Waals surface area (Å²) in [6.45, 7) is 8.44. The SMILES string of the molecule is Cc1sc(NC(=O)c2ccccc2)c(C(c2ccccc2Cl)N2CC[NH+](C)CC2)c1C. The highest BCUT2D eigenvalue weighted by Gasteiger charge is 2.33. The molecule has 1 aromatic heterocycles. The summed E-state index contributed by atoms with van der Waals surface area (Å²) < 4.78 is 0. The fourth-order valence-electron chi connectivity index (χ4n) is 4.23. The number of carbonyl (C=O) groups excluding carboxylic acids is 1. The Hall–Kier alpha value is -2.18. The summed E-state index contributed by atoms with van der Waals surface area (Å²) in [5.41, 5.74) is 4.15. The predicted octanol–water partition coefficient (Wildman–Crippen LogP) is 4.19. The summed E-state index contributed by atoms with van der Waals surface area (Å²) in [4.78, 5) is 18.3. The molecule has 1 fully saturated rings. The third-order valence-electron chi connectivity index (χ3n) is 6.18. The molecule has 2 aromatic carbocycles. The van der Waals surface area contributed by atoms with Crippen LogP contribution in [0, 0.1) is 13.8 Å². The maximum Gasteiger partial charge on any atom is 0.256 e. The van der Waals surface area contributed by atoms with Crippen molar-refractivity contribution in [1.82, 2.24) is 4.90 Å². The Morgan fingerprint density at radius 2 is 1.71 bits per heavy atom. The van der Waals surface area contributed by atoms with E-state index >= 15 is 0 Å². The second kappa shape index (κ2) is 9.53. The summed E-state index contributed by atoms with van der Waals surface area (Å²) >= 11 is 8.36. The van der Waals surface area contributed by atoms with Gasteiger partial charge in [0.2, 0.25) is 0 Å². The van der Waals surface area contributed by atoms with Crippen molar-refractivity contribution < 1.29 is 9.69 Å². The molecule has 0 radical (unpaired) electrons. The molecule has 0 aliphatic carbocycles. The minimum absolute atomic E-state index is 0.0119. The minimum Gasteiger partial charge on any atom is -0.335 e. The van der Waals surface area contributed by atoms with Crippen LogP contribution in [0.15, 0.2) is 54.6 Å². The fourth-order valence-corrected chi connectivity index (χ4v) is 5.55. The molecule has 1 unspecified atom stereocenters. The standard InChI is InChI=1S/C25H28ClN3OS/c1-17-18(2)31-25(27-24(30)19-9-5-4-6-10-19)22(17)23(20-11-7-8-12-21(20)26)29-15-13-28(3)14-16-29/h4-12,23H,13-16H2,1-3H3,(H,27,30)/p+1. The molecule has 4 rings (SSSR count). The molecular formula is C25H29ClN3OS+. The molecule has 0 spiro atoms. The number of hydrogen-bond acceptors (Lipinski definition) is 3. The molecule has 1 aliphatic heterocycles. The van der Waals surface area contributed by atoms with E-state index < -0.39 is 0 Å². The van der Waals surface area contributed by atoms with E-state index in [1.807, 2.05) is 48.5 Å². The molecule has 1 atom stereocenters. The van der Waals surface area contributed by atoms with Crippen molar-refractivity contribution in [3.8, 4) is 0 Å². The number of benzene rings is 2. The number of aryl methyl sites for hydroxylation is 1. The average molecular weight is 455 g/mol. The minimum atomic E-state index is -0.0798. The lowest BCUT2D eigenvalue weighted by molar-refractivity contribution is -0.884. The molecule has 2 N–H and O–H groups in total. The lowest BCUT2D eigenvalue weighted by Gasteiger charge is -2.37. The molecule has 3 aromatic rings. The Kier molecular flexibility index (Phi) is 6.77. The van der Waals surface area contributed by atoms with Crippen molar-refractivity contribution in [2.24, 2.45) is 0 Å². The van der Waals surface area contributed by atoms with Gasteiger partial charge < -0.3 is 10.2 Å². The van der Waals surface area contributed by atoms with Gasteiger partial charge in [-0.25, -0.2) is 0 Å². The predicted molar refractivity (Wildman–Crippen MR) is 130 cm³/mol. The van der Waals surface area contributed by atoms with Crippen molar-refractivity contribution in [2.45, 2.75) is 19.9 Å². The quantitative estimate of drug-likeness (QED) is 0.606. The van der Waals surface area contributed by atoms with Gasteiger partial charge in [-0.3, -0.25) is 9.69 Å². The van der Waals surface area contributed by atoms with E-state index in [4.69, 9.17) is 11.6 Å². The lowest BCUT2D eigenvalue weighted by atomic mass is 9.94. The van der Waals surface area contributed by atoms with Crippen molar-refractivity contribution in [2.75, 3.05) is 38.5 Å². The molecule has 31 heavy (non-hydrogen) atoms. The highest BCUT2D eigenvalue weighted by atomic mass is 35.5. The van der Waals surface area contributed by atoms with E-state index in [1.54, 1.807) is 16.2 Å². The van der Waals surface area contributed by atoms with E-state index in [2.05, 4.69) is 37.2 Å². The van der Waals surface area contributed by atoms with Crippen LogP contribution in [0.25, 0.3) is 0 Å². The molecule has 6 heteroatoms. The highest BCUT2D eigenvalue weighted by Crippen LogP contribution is 2.43. The van der Waals surface area contributed by atoms with Gasteiger partial charge in [-0.1, -0.05) is 48.0 Å². The number of quaternary nitrogens is 1. The first-order valence-corrected chi connectivity index (χ1v) is 11.9. The van der Waals surface area contributed by atoms with Gasteiger partial charge in [-0.15, -0.1) is 11.3 Å². The Morgan fingerprint density at radius 3 is 2.39 bits per heavy atom. The van der Waals surface area contributed by atoms with Crippen LogP contribution >= 0.6 is 22.9 Å². The van der Waals surface area contributed by atoms with E-state index in [0.717, 1.165) is 41.8 Å². The topological polar surface area (TPSA) is 36.8 Å². The summed E-state index contributed by atoms with van der Waals surface area (Å²) in [5.74, 6) is -0.0798. The van der Waals surface area contributed by atoms with Crippen LogP contribution in [0.4, 0.5) is 5.00 Å². The maximum atomic E-state index is 13.0. The van der Waals surface area contributed by atoms with Crippen LogP contribution in [0.5, 0.6) is 0 Å². The Morgan fingerprint density at radius 1 is 1.06 bits per heavy atom. The number of anilines is 1. The fraction of sp³-hybridized carbons (Fsp3) is 0.320. The second-order valence-corrected chi connectivity index (χ2v) is 9.90. The molecule has 2 heterocycles. The van der Waals surface area contributed by atoms with Gasteiger partial charge in [0, 0.05) is 34.1 Å². The van der Waals surface area contributed by atoms with Crippen molar-refractivity contribution in [1.29, 1.82) is 0 Å². The first kappa shape index (κ1) is 22.0. The van der Waals surface area contributed by atoms with E-state index in [-0.39, 0.29) is 11.9 Å². The van der Waals surface area contributed by atoms with Gasteiger partial charge in [0.1, 0.15) is 5.00 Å². The third-order valence-corrected chi connectivity index (χ3v) is 7.67. The van der Waals surface area contributed by atoms with Gasteiger partial charge in [0.25, 0.3) is 5.91 Å². The summed E-state index contributed by atoms with van der Waals surface area (Å²) in [5, 5.41) is 4.89. The van der Waals surface area contributed by atoms with Gasteiger partial charge in [-0.2, -0.15) is 0 Å². The summed E-state index contributed by atoms with van der Waals surface area (Å²) in [6, 6.07) is 17.5. The normalized spacial score (nSPS) is 16.3. The van der Waals surface area contributed by atoms with E-state index in [9.17, 15) is 4.79 Å². The molecule has 1 amide bonds. The number of nitrogens with zero attached hydrogens (tertiary/aromatic N) is 1. The van der Waals surface area contributed by atoms with Gasteiger partial charge in [-0.05, 0) is 43.2 Å². The average Bonchev–Trinajstić information content (AvgIpc) is 3.05. The number of piperazine rings is 1. The number of nitrogens with one attached hydrogen (secondary N) is 2. The van der Waals surface area contributed by atoms with E-state index in [1.165, 1.54) is 16.0 Å². The summed E-state index contributed by atoms with van der Waals surface area (Å²) in [7, 11) is 2.24. The molecule has 0 bridgehead atoms. The second-order valence-electron chi connectivity index (χ2n) is 8.26. The summed E-state index contributed by atoms with van der Waals surface area (Å²) in [6.07, 6.45) is 0. The number of carbonyl (C=O) groups is 1. The molecule has 4 nitrogen and oxygen atoms in total. The zero-order valence-electron chi connectivity index (χ0n) is 18.2. The molecule has 1 aliphatic rings. The molecule has 1 saturated heterocycles. The zero-order chi connectivity index (χ0) is 22.0. The number of amides is 1.